The number of halogens is 3. The summed E-state index contributed by atoms with van der Waals surface area (Å²) in [6, 6.07) is 1.56. The highest BCUT2D eigenvalue weighted by atomic mass is 19.4. The van der Waals surface area contributed by atoms with Gasteiger partial charge in [-0.25, -0.2) is 0 Å². The number of carbonyl (C=O) groups excluding carboxylic acids is 1. The fourth-order valence-electron chi connectivity index (χ4n) is 3.75. The van der Waals surface area contributed by atoms with Crippen molar-refractivity contribution < 1.29 is 18.0 Å². The molecule has 2 atom stereocenters. The van der Waals surface area contributed by atoms with Crippen molar-refractivity contribution in [1.82, 2.24) is 19.6 Å². The molecule has 2 saturated heterocycles. The molecule has 8 heteroatoms. The second kappa shape index (κ2) is 6.14. The molecule has 0 unspecified atom stereocenters. The van der Waals surface area contributed by atoms with Crippen LogP contribution >= 0.6 is 0 Å². The molecular weight excluding hydrogens is 309 g/mol. The Morgan fingerprint density at radius 2 is 2.09 bits per heavy atom. The summed E-state index contributed by atoms with van der Waals surface area (Å²) in [4.78, 5) is 15.3. The molecule has 2 aliphatic rings. The highest BCUT2D eigenvalue weighted by molar-refractivity contribution is 5.84. The summed E-state index contributed by atoms with van der Waals surface area (Å²) in [6.07, 6.45) is -0.140. The molecule has 0 radical (unpaired) electrons. The van der Waals surface area contributed by atoms with Gasteiger partial charge in [0.2, 0.25) is 5.91 Å². The van der Waals surface area contributed by atoms with Crippen LogP contribution in [0.4, 0.5) is 13.2 Å². The van der Waals surface area contributed by atoms with Gasteiger partial charge in [0.05, 0.1) is 6.04 Å². The van der Waals surface area contributed by atoms with E-state index in [0.29, 0.717) is 13.0 Å². The fourth-order valence-corrected chi connectivity index (χ4v) is 3.75. The van der Waals surface area contributed by atoms with Gasteiger partial charge in [-0.1, -0.05) is 0 Å². The van der Waals surface area contributed by atoms with E-state index in [1.54, 1.807) is 6.20 Å². The number of rotatable bonds is 3. The van der Waals surface area contributed by atoms with Crippen molar-refractivity contribution in [1.29, 1.82) is 0 Å². The lowest BCUT2D eigenvalue weighted by molar-refractivity contribution is -0.159. The molecule has 0 N–H and O–H groups in total. The maximum Gasteiger partial charge on any atom is 0.406 e. The van der Waals surface area contributed by atoms with Gasteiger partial charge < -0.3 is 4.90 Å². The van der Waals surface area contributed by atoms with Crippen LogP contribution in [0.3, 0.4) is 0 Å². The van der Waals surface area contributed by atoms with Gasteiger partial charge in [0.1, 0.15) is 6.54 Å². The molecule has 3 rings (SSSR count). The molecule has 3 heterocycles. The molecule has 0 saturated carbocycles. The van der Waals surface area contributed by atoms with Crippen LogP contribution in [0.5, 0.6) is 0 Å². The van der Waals surface area contributed by atoms with E-state index in [9.17, 15) is 18.0 Å². The van der Waals surface area contributed by atoms with Crippen LogP contribution in [0.15, 0.2) is 12.3 Å². The molecule has 23 heavy (non-hydrogen) atoms. The van der Waals surface area contributed by atoms with Gasteiger partial charge in [-0.15, -0.1) is 0 Å². The fraction of sp³-hybridized carbons (Fsp3) is 0.733. The predicted octanol–water partition coefficient (Wildman–Crippen LogP) is 1.76. The third kappa shape index (κ3) is 3.52. The molecule has 2 fully saturated rings. The summed E-state index contributed by atoms with van der Waals surface area (Å²) < 4.78 is 39.4. The first kappa shape index (κ1) is 16.3. The summed E-state index contributed by atoms with van der Waals surface area (Å²) in [5.74, 6) is -0.103. The van der Waals surface area contributed by atoms with Gasteiger partial charge in [0.15, 0.2) is 0 Å². The Morgan fingerprint density at radius 1 is 1.30 bits per heavy atom. The van der Waals surface area contributed by atoms with Crippen LogP contribution in [0.1, 0.15) is 30.9 Å². The van der Waals surface area contributed by atoms with E-state index in [1.807, 2.05) is 17.8 Å². The summed E-state index contributed by atoms with van der Waals surface area (Å²) in [5, 5.41) is 4.18. The van der Waals surface area contributed by atoms with Crippen molar-refractivity contribution in [2.24, 2.45) is 7.05 Å². The quantitative estimate of drug-likeness (QED) is 0.848. The second-order valence-corrected chi connectivity index (χ2v) is 6.39. The number of piperidine rings is 1. The summed E-state index contributed by atoms with van der Waals surface area (Å²) in [5.41, 5.74) is 1.12. The number of amides is 1. The number of hydrogen-bond donors (Lipinski definition) is 0. The van der Waals surface area contributed by atoms with Gasteiger partial charge in [-0.3, -0.25) is 14.4 Å². The molecule has 0 aliphatic carbocycles. The molecule has 0 bridgehead atoms. The molecule has 1 aromatic heterocycles. The van der Waals surface area contributed by atoms with Gasteiger partial charge in [-0.2, -0.15) is 18.3 Å². The van der Waals surface area contributed by atoms with Gasteiger partial charge in [0.25, 0.3) is 0 Å². The largest absolute Gasteiger partial charge is 0.406 e. The van der Waals surface area contributed by atoms with Gasteiger partial charge in [0, 0.05) is 37.9 Å². The smallest absolute Gasteiger partial charge is 0.332 e. The molecular formula is C15H21F3N4O. The SMILES string of the molecule is Cn1nccc1[C@H]1CCCN([C@@H]2CCN(CC(F)(F)F)C2=O)C1. The van der Waals surface area contributed by atoms with Crippen LogP contribution in [-0.2, 0) is 11.8 Å². The molecule has 128 valence electrons. The van der Waals surface area contributed by atoms with E-state index in [1.165, 1.54) is 0 Å². The molecule has 2 aliphatic heterocycles. The minimum atomic E-state index is -4.33. The zero-order valence-electron chi connectivity index (χ0n) is 13.1. The number of aryl methyl sites for hydroxylation is 1. The Hall–Kier alpha value is -1.57. The summed E-state index contributed by atoms with van der Waals surface area (Å²) in [6.45, 7) is 0.525. The molecule has 0 aromatic carbocycles. The molecule has 5 nitrogen and oxygen atoms in total. The Bertz CT molecular complexity index is 571. The first-order valence-electron chi connectivity index (χ1n) is 7.92. The third-order valence-electron chi connectivity index (χ3n) is 4.81. The minimum Gasteiger partial charge on any atom is -0.332 e. The number of alkyl halides is 3. The Kier molecular flexibility index (Phi) is 4.35. The maximum absolute atomic E-state index is 12.5. The number of nitrogens with zero attached hydrogens (tertiary/aromatic N) is 4. The lowest BCUT2D eigenvalue weighted by Gasteiger charge is -2.36. The lowest BCUT2D eigenvalue weighted by Crippen LogP contribution is -2.47. The Balaban J connectivity index is 1.65. The minimum absolute atomic E-state index is 0.190. The molecule has 0 spiro atoms. The normalized spacial score (nSPS) is 27.0. The van der Waals surface area contributed by atoms with Crippen LogP contribution in [-0.4, -0.2) is 63.9 Å². The van der Waals surface area contributed by atoms with Crippen molar-refractivity contribution in [3.8, 4) is 0 Å². The third-order valence-corrected chi connectivity index (χ3v) is 4.81. The second-order valence-electron chi connectivity index (χ2n) is 6.39. The van der Waals surface area contributed by atoms with Crippen LogP contribution in [0, 0.1) is 0 Å². The van der Waals surface area contributed by atoms with Crippen molar-refractivity contribution in [2.45, 2.75) is 37.4 Å². The van der Waals surface area contributed by atoms with Crippen LogP contribution in [0.25, 0.3) is 0 Å². The number of hydrogen-bond acceptors (Lipinski definition) is 3. The standard InChI is InChI=1S/C15H21F3N4O/c1-20-12(4-6-19-20)11-3-2-7-21(9-11)13-5-8-22(14(13)23)10-15(16,17)18/h4,6,11,13H,2-3,5,7-10H2,1H3/t11-,13+/m0/s1. The van der Waals surface area contributed by atoms with E-state index in [2.05, 4.69) is 10.00 Å². The van der Waals surface area contributed by atoms with E-state index in [4.69, 9.17) is 0 Å². The average molecular weight is 330 g/mol. The Morgan fingerprint density at radius 3 is 2.74 bits per heavy atom. The first-order chi connectivity index (χ1) is 10.8. The highest BCUT2D eigenvalue weighted by Crippen LogP contribution is 2.30. The zero-order valence-corrected chi connectivity index (χ0v) is 13.1. The average Bonchev–Trinajstić information content (AvgIpc) is 3.05. The van der Waals surface area contributed by atoms with Gasteiger partial charge >= 0.3 is 6.18 Å². The predicted molar refractivity (Wildman–Crippen MR) is 77.8 cm³/mol. The molecule has 1 amide bonds. The van der Waals surface area contributed by atoms with E-state index in [-0.39, 0.29) is 18.4 Å². The summed E-state index contributed by atoms with van der Waals surface area (Å²) >= 11 is 0. The highest BCUT2D eigenvalue weighted by Gasteiger charge is 2.42. The van der Waals surface area contributed by atoms with Crippen molar-refractivity contribution in [3.63, 3.8) is 0 Å². The van der Waals surface area contributed by atoms with E-state index >= 15 is 0 Å². The van der Waals surface area contributed by atoms with Gasteiger partial charge in [-0.05, 0) is 31.9 Å². The summed E-state index contributed by atoms with van der Waals surface area (Å²) in [7, 11) is 1.89. The van der Waals surface area contributed by atoms with Crippen LogP contribution < -0.4 is 0 Å². The molecule has 1 aromatic rings. The van der Waals surface area contributed by atoms with Crippen molar-refractivity contribution in [3.05, 3.63) is 18.0 Å². The van der Waals surface area contributed by atoms with E-state index in [0.717, 1.165) is 30.0 Å². The van der Waals surface area contributed by atoms with Crippen molar-refractivity contribution >= 4 is 5.91 Å². The monoisotopic (exact) mass is 330 g/mol. The lowest BCUT2D eigenvalue weighted by atomic mass is 9.93. The number of aromatic nitrogens is 2. The number of carbonyl (C=O) groups is 1. The first-order valence-corrected chi connectivity index (χ1v) is 7.92. The van der Waals surface area contributed by atoms with E-state index < -0.39 is 18.8 Å². The van der Waals surface area contributed by atoms with Crippen LogP contribution in [0.2, 0.25) is 0 Å². The van der Waals surface area contributed by atoms with Crippen molar-refractivity contribution in [2.75, 3.05) is 26.2 Å². The topological polar surface area (TPSA) is 41.4 Å². The number of likely N-dealkylation sites (tertiary alicyclic amines) is 2. The Labute approximate surface area is 133 Å². The zero-order chi connectivity index (χ0) is 16.6. The maximum atomic E-state index is 12.5.